The van der Waals surface area contributed by atoms with Crippen LogP contribution >= 0.6 is 11.3 Å². The Morgan fingerprint density at radius 3 is 2.68 bits per heavy atom. The van der Waals surface area contributed by atoms with Gasteiger partial charge in [0, 0.05) is 24.3 Å². The number of amides is 1. The summed E-state index contributed by atoms with van der Waals surface area (Å²) in [4.78, 5) is 15.2. The molecule has 1 saturated carbocycles. The van der Waals surface area contributed by atoms with Crippen LogP contribution in [0, 0.1) is 5.92 Å². The Balaban J connectivity index is 1.76. The van der Waals surface area contributed by atoms with Gasteiger partial charge in [0.05, 0.1) is 5.01 Å². The summed E-state index contributed by atoms with van der Waals surface area (Å²) >= 11 is 0.978. The molecule has 0 atom stereocenters. The zero-order valence-electron chi connectivity index (χ0n) is 10.3. The molecule has 1 amide bonds. The third-order valence-electron chi connectivity index (χ3n) is 3.21. The van der Waals surface area contributed by atoms with Gasteiger partial charge in [0.25, 0.3) is 0 Å². The lowest BCUT2D eigenvalue weighted by atomic mass is 10.1. The molecule has 7 heteroatoms. The lowest BCUT2D eigenvalue weighted by Gasteiger charge is -2.09. The van der Waals surface area contributed by atoms with Gasteiger partial charge in [0.2, 0.25) is 5.91 Å². The van der Waals surface area contributed by atoms with Gasteiger partial charge in [-0.25, -0.2) is 4.98 Å². The van der Waals surface area contributed by atoms with Crippen LogP contribution in [0.4, 0.5) is 13.2 Å². The zero-order chi connectivity index (χ0) is 13.9. The minimum Gasteiger partial charge on any atom is -0.355 e. The van der Waals surface area contributed by atoms with E-state index in [1.807, 2.05) is 0 Å². The standard InChI is InChI=1S/C12H15F3N2OS/c13-12(14,15)9-7-19-10(17-9)5-6-16-11(18)8-3-1-2-4-8/h7-8H,1-6H2,(H,16,18). The normalized spacial score (nSPS) is 16.8. The molecule has 106 valence electrons. The Bertz CT molecular complexity index is 438. The molecule has 0 radical (unpaired) electrons. The topological polar surface area (TPSA) is 42.0 Å². The van der Waals surface area contributed by atoms with Crippen molar-refractivity contribution in [2.75, 3.05) is 6.54 Å². The molecule has 0 aromatic carbocycles. The Morgan fingerprint density at radius 1 is 1.42 bits per heavy atom. The number of carbonyl (C=O) groups excluding carboxylic acids is 1. The lowest BCUT2D eigenvalue weighted by molar-refractivity contribution is -0.140. The molecule has 1 heterocycles. The molecule has 0 unspecified atom stereocenters. The second-order valence-corrected chi connectivity index (χ2v) is 5.59. The number of aromatic nitrogens is 1. The fraction of sp³-hybridized carbons (Fsp3) is 0.667. The first-order chi connectivity index (χ1) is 8.97. The van der Waals surface area contributed by atoms with Crippen LogP contribution in [-0.4, -0.2) is 17.4 Å². The molecule has 1 N–H and O–H groups in total. The predicted molar refractivity (Wildman–Crippen MR) is 65.8 cm³/mol. The van der Waals surface area contributed by atoms with E-state index in [0.717, 1.165) is 42.4 Å². The summed E-state index contributed by atoms with van der Waals surface area (Å²) in [6, 6.07) is 0. The minimum atomic E-state index is -4.39. The molecule has 0 spiro atoms. The molecule has 1 fully saturated rings. The predicted octanol–water partition coefficient (Wildman–Crippen LogP) is 3.01. The number of alkyl halides is 3. The van der Waals surface area contributed by atoms with Gasteiger partial charge >= 0.3 is 6.18 Å². The van der Waals surface area contributed by atoms with E-state index in [9.17, 15) is 18.0 Å². The molecule has 19 heavy (non-hydrogen) atoms. The van der Waals surface area contributed by atoms with E-state index in [4.69, 9.17) is 0 Å². The molecule has 1 aliphatic carbocycles. The molecule has 1 aromatic rings. The van der Waals surface area contributed by atoms with E-state index >= 15 is 0 Å². The molecule has 0 bridgehead atoms. The van der Waals surface area contributed by atoms with E-state index in [-0.39, 0.29) is 11.8 Å². The molecule has 0 saturated heterocycles. The molecule has 1 aromatic heterocycles. The fourth-order valence-corrected chi connectivity index (χ4v) is 2.99. The van der Waals surface area contributed by atoms with Gasteiger partial charge < -0.3 is 5.32 Å². The highest BCUT2D eigenvalue weighted by molar-refractivity contribution is 7.09. The van der Waals surface area contributed by atoms with E-state index in [1.165, 1.54) is 0 Å². The SMILES string of the molecule is O=C(NCCc1nc(C(F)(F)F)cs1)C1CCCC1. The van der Waals surface area contributed by atoms with Gasteiger partial charge in [0.15, 0.2) is 5.69 Å². The van der Waals surface area contributed by atoms with Crippen LogP contribution in [0.5, 0.6) is 0 Å². The summed E-state index contributed by atoms with van der Waals surface area (Å²) < 4.78 is 37.0. The quantitative estimate of drug-likeness (QED) is 0.927. The number of nitrogens with one attached hydrogen (secondary N) is 1. The van der Waals surface area contributed by atoms with Crippen molar-refractivity contribution in [3.8, 4) is 0 Å². The van der Waals surface area contributed by atoms with Gasteiger partial charge in [-0.3, -0.25) is 4.79 Å². The zero-order valence-corrected chi connectivity index (χ0v) is 11.1. The smallest absolute Gasteiger partial charge is 0.355 e. The molecular weight excluding hydrogens is 277 g/mol. The highest BCUT2D eigenvalue weighted by Crippen LogP contribution is 2.30. The van der Waals surface area contributed by atoms with Crippen molar-refractivity contribution in [3.63, 3.8) is 0 Å². The van der Waals surface area contributed by atoms with Gasteiger partial charge in [0.1, 0.15) is 0 Å². The highest BCUT2D eigenvalue weighted by atomic mass is 32.1. The molecule has 2 rings (SSSR count). The van der Waals surface area contributed by atoms with Crippen LogP contribution in [-0.2, 0) is 17.4 Å². The summed E-state index contributed by atoms with van der Waals surface area (Å²) in [6.45, 7) is 0.347. The average Bonchev–Trinajstić information content (AvgIpc) is 2.99. The fourth-order valence-electron chi connectivity index (χ4n) is 2.18. The van der Waals surface area contributed by atoms with Crippen LogP contribution in [0.3, 0.4) is 0 Å². The van der Waals surface area contributed by atoms with Crippen LogP contribution in [0.15, 0.2) is 5.38 Å². The number of hydrogen-bond acceptors (Lipinski definition) is 3. The van der Waals surface area contributed by atoms with Gasteiger partial charge in [-0.2, -0.15) is 13.2 Å². The first kappa shape index (κ1) is 14.3. The first-order valence-corrected chi connectivity index (χ1v) is 7.14. The van der Waals surface area contributed by atoms with Crippen molar-refractivity contribution in [2.24, 2.45) is 5.92 Å². The third-order valence-corrected chi connectivity index (χ3v) is 4.11. The minimum absolute atomic E-state index is 0.0186. The van der Waals surface area contributed by atoms with E-state index in [0.29, 0.717) is 18.0 Å². The monoisotopic (exact) mass is 292 g/mol. The van der Waals surface area contributed by atoms with E-state index < -0.39 is 11.9 Å². The van der Waals surface area contributed by atoms with Crippen molar-refractivity contribution in [2.45, 2.75) is 38.3 Å². The Kier molecular flexibility index (Phi) is 4.44. The van der Waals surface area contributed by atoms with E-state index in [1.54, 1.807) is 0 Å². The van der Waals surface area contributed by atoms with Crippen molar-refractivity contribution >= 4 is 17.2 Å². The Hall–Kier alpha value is -1.11. The maximum absolute atomic E-state index is 12.3. The summed E-state index contributed by atoms with van der Waals surface area (Å²) in [6.07, 6.45) is -0.0390. The molecular formula is C12H15F3N2OS. The van der Waals surface area contributed by atoms with Gasteiger partial charge in [-0.1, -0.05) is 12.8 Å². The highest BCUT2D eigenvalue weighted by Gasteiger charge is 2.33. The van der Waals surface area contributed by atoms with Crippen molar-refractivity contribution in [1.29, 1.82) is 0 Å². The number of halogens is 3. The summed E-state index contributed by atoms with van der Waals surface area (Å²) in [5.74, 6) is 0.104. The molecule has 1 aliphatic rings. The maximum Gasteiger partial charge on any atom is 0.434 e. The lowest BCUT2D eigenvalue weighted by Crippen LogP contribution is -2.30. The van der Waals surface area contributed by atoms with Crippen molar-refractivity contribution in [3.05, 3.63) is 16.1 Å². The summed E-state index contributed by atoms with van der Waals surface area (Å²) in [5, 5.41) is 4.18. The first-order valence-electron chi connectivity index (χ1n) is 6.26. The van der Waals surface area contributed by atoms with Crippen LogP contribution in [0.1, 0.15) is 36.4 Å². The maximum atomic E-state index is 12.3. The molecule has 0 aliphatic heterocycles. The third kappa shape index (κ3) is 3.92. The molecule has 3 nitrogen and oxygen atoms in total. The Labute approximate surface area is 113 Å². The number of thiazole rings is 1. The summed E-state index contributed by atoms with van der Waals surface area (Å²) in [5.41, 5.74) is -0.852. The average molecular weight is 292 g/mol. The second-order valence-electron chi connectivity index (χ2n) is 4.65. The number of carbonyl (C=O) groups is 1. The number of rotatable bonds is 4. The summed E-state index contributed by atoms with van der Waals surface area (Å²) in [7, 11) is 0. The van der Waals surface area contributed by atoms with Crippen LogP contribution in [0.25, 0.3) is 0 Å². The van der Waals surface area contributed by atoms with Gasteiger partial charge in [-0.15, -0.1) is 11.3 Å². The second kappa shape index (κ2) is 5.90. The van der Waals surface area contributed by atoms with Crippen molar-refractivity contribution < 1.29 is 18.0 Å². The van der Waals surface area contributed by atoms with Crippen LogP contribution < -0.4 is 5.32 Å². The number of hydrogen-bond donors (Lipinski definition) is 1. The Morgan fingerprint density at radius 2 is 2.11 bits per heavy atom. The van der Waals surface area contributed by atoms with E-state index in [2.05, 4.69) is 10.3 Å². The number of nitrogens with zero attached hydrogens (tertiary/aromatic N) is 1. The largest absolute Gasteiger partial charge is 0.434 e. The van der Waals surface area contributed by atoms with Crippen molar-refractivity contribution in [1.82, 2.24) is 10.3 Å². The van der Waals surface area contributed by atoms with Crippen LogP contribution in [0.2, 0.25) is 0 Å². The van der Waals surface area contributed by atoms with Gasteiger partial charge in [-0.05, 0) is 12.8 Å².